The van der Waals surface area contributed by atoms with Crippen molar-refractivity contribution in [1.29, 1.82) is 5.26 Å². The monoisotopic (exact) mass is 231 g/mol. The lowest BCUT2D eigenvalue weighted by Gasteiger charge is -2.39. The summed E-state index contributed by atoms with van der Waals surface area (Å²) in [5.41, 5.74) is 0.617. The number of anilines is 1. The van der Waals surface area contributed by atoms with Crippen molar-refractivity contribution in [2.75, 3.05) is 25.0 Å². The van der Waals surface area contributed by atoms with Crippen molar-refractivity contribution in [1.82, 2.24) is 15.3 Å². The zero-order chi connectivity index (χ0) is 12.3. The molecule has 5 nitrogen and oxygen atoms in total. The first-order valence-corrected chi connectivity index (χ1v) is 5.83. The molecule has 1 fully saturated rings. The van der Waals surface area contributed by atoms with E-state index in [2.05, 4.69) is 33.2 Å². The molecule has 1 aliphatic heterocycles. The number of hydrogen-bond donors (Lipinski definition) is 1. The van der Waals surface area contributed by atoms with Crippen LogP contribution in [0, 0.1) is 11.3 Å². The fourth-order valence-corrected chi connectivity index (χ4v) is 2.10. The second kappa shape index (κ2) is 4.68. The molecule has 0 atom stereocenters. The summed E-state index contributed by atoms with van der Waals surface area (Å²) in [6.45, 7) is 4.04. The molecule has 1 aliphatic rings. The van der Waals surface area contributed by atoms with E-state index in [1.54, 1.807) is 12.4 Å². The second-order valence-electron chi connectivity index (χ2n) is 4.64. The van der Waals surface area contributed by atoms with Gasteiger partial charge in [0.15, 0.2) is 11.5 Å². The van der Waals surface area contributed by atoms with E-state index in [9.17, 15) is 0 Å². The Hall–Kier alpha value is -1.67. The van der Waals surface area contributed by atoms with E-state index < -0.39 is 0 Å². The summed E-state index contributed by atoms with van der Waals surface area (Å²) in [5.74, 6) is 0.716. The fraction of sp³-hybridized carbons (Fsp3) is 0.583. The second-order valence-corrected chi connectivity index (χ2v) is 4.64. The molecule has 1 saturated heterocycles. The summed E-state index contributed by atoms with van der Waals surface area (Å²) in [7, 11) is 2.00. The molecule has 2 heterocycles. The van der Waals surface area contributed by atoms with Crippen molar-refractivity contribution in [3.63, 3.8) is 0 Å². The Morgan fingerprint density at radius 3 is 2.59 bits per heavy atom. The van der Waals surface area contributed by atoms with Crippen LogP contribution in [0.3, 0.4) is 0 Å². The predicted molar refractivity (Wildman–Crippen MR) is 65.7 cm³/mol. The Morgan fingerprint density at radius 2 is 2.00 bits per heavy atom. The molecule has 0 saturated carbocycles. The van der Waals surface area contributed by atoms with Crippen molar-refractivity contribution >= 4 is 5.82 Å². The zero-order valence-corrected chi connectivity index (χ0v) is 10.3. The fourth-order valence-electron chi connectivity index (χ4n) is 2.10. The van der Waals surface area contributed by atoms with Gasteiger partial charge in [-0.2, -0.15) is 5.26 Å². The Kier molecular flexibility index (Phi) is 3.25. The lowest BCUT2D eigenvalue weighted by atomic mass is 9.90. The average molecular weight is 231 g/mol. The van der Waals surface area contributed by atoms with Gasteiger partial charge in [0.25, 0.3) is 0 Å². The van der Waals surface area contributed by atoms with Crippen molar-refractivity contribution in [2.24, 2.45) is 0 Å². The maximum Gasteiger partial charge on any atom is 0.183 e. The lowest BCUT2D eigenvalue weighted by Crippen LogP contribution is -2.50. The summed E-state index contributed by atoms with van der Waals surface area (Å²) >= 11 is 0. The molecule has 5 heteroatoms. The number of nitrogens with one attached hydrogen (secondary N) is 1. The van der Waals surface area contributed by atoms with Crippen molar-refractivity contribution < 1.29 is 0 Å². The summed E-state index contributed by atoms with van der Waals surface area (Å²) in [6.07, 6.45) is 5.29. The van der Waals surface area contributed by atoms with Crippen molar-refractivity contribution in [2.45, 2.75) is 25.3 Å². The Bertz CT molecular complexity index is 429. The quantitative estimate of drug-likeness (QED) is 0.820. The van der Waals surface area contributed by atoms with E-state index in [1.165, 1.54) is 0 Å². The van der Waals surface area contributed by atoms with Gasteiger partial charge in [0, 0.05) is 31.0 Å². The minimum absolute atomic E-state index is 0.200. The molecule has 0 bridgehead atoms. The van der Waals surface area contributed by atoms with Gasteiger partial charge in [-0.15, -0.1) is 0 Å². The van der Waals surface area contributed by atoms with Gasteiger partial charge in [-0.05, 0) is 26.8 Å². The minimum Gasteiger partial charge on any atom is -0.354 e. The molecular formula is C12H17N5. The van der Waals surface area contributed by atoms with Crippen LogP contribution in [0.25, 0.3) is 0 Å². The van der Waals surface area contributed by atoms with E-state index in [4.69, 9.17) is 5.26 Å². The third kappa shape index (κ3) is 2.37. The number of nitriles is 1. The predicted octanol–water partition coefficient (Wildman–Crippen LogP) is 0.927. The highest BCUT2D eigenvalue weighted by Gasteiger charge is 2.29. The molecule has 1 N–H and O–H groups in total. The maximum atomic E-state index is 9.01. The van der Waals surface area contributed by atoms with Crippen LogP contribution < -0.4 is 10.2 Å². The van der Waals surface area contributed by atoms with E-state index in [1.807, 2.05) is 7.05 Å². The highest BCUT2D eigenvalue weighted by molar-refractivity contribution is 5.49. The largest absolute Gasteiger partial charge is 0.354 e. The van der Waals surface area contributed by atoms with Gasteiger partial charge in [0.05, 0.1) is 0 Å². The molecule has 0 radical (unpaired) electrons. The summed E-state index contributed by atoms with van der Waals surface area (Å²) in [6, 6.07) is 2.10. The lowest BCUT2D eigenvalue weighted by molar-refractivity contribution is 0.304. The van der Waals surface area contributed by atoms with Crippen LogP contribution in [-0.2, 0) is 0 Å². The van der Waals surface area contributed by atoms with Gasteiger partial charge in [0.2, 0.25) is 0 Å². The van der Waals surface area contributed by atoms with Gasteiger partial charge in [-0.3, -0.25) is 0 Å². The van der Waals surface area contributed by atoms with Crippen LogP contribution in [0.4, 0.5) is 5.82 Å². The highest BCUT2D eigenvalue weighted by Crippen LogP contribution is 2.25. The molecule has 1 aromatic rings. The van der Waals surface area contributed by atoms with E-state index in [-0.39, 0.29) is 5.54 Å². The first-order valence-electron chi connectivity index (χ1n) is 5.83. The Balaban J connectivity index is 2.14. The van der Waals surface area contributed by atoms with Crippen LogP contribution in [0.5, 0.6) is 0 Å². The summed E-state index contributed by atoms with van der Waals surface area (Å²) in [4.78, 5) is 10.5. The molecular weight excluding hydrogens is 214 g/mol. The Morgan fingerprint density at radius 1 is 1.35 bits per heavy atom. The number of nitrogens with zero attached hydrogens (tertiary/aromatic N) is 4. The van der Waals surface area contributed by atoms with E-state index in [0.29, 0.717) is 11.5 Å². The van der Waals surface area contributed by atoms with Crippen LogP contribution in [0.15, 0.2) is 12.4 Å². The van der Waals surface area contributed by atoms with Crippen LogP contribution in [0.2, 0.25) is 0 Å². The molecule has 90 valence electrons. The molecule has 0 amide bonds. The van der Waals surface area contributed by atoms with Gasteiger partial charge >= 0.3 is 0 Å². The molecule has 0 unspecified atom stereocenters. The molecule has 1 aromatic heterocycles. The SMILES string of the molecule is CNC1(C)CCN(c2nccnc2C#N)CC1. The molecule has 0 spiro atoms. The minimum atomic E-state index is 0.200. The average Bonchev–Trinajstić information content (AvgIpc) is 2.40. The van der Waals surface area contributed by atoms with Gasteiger partial charge in [0.1, 0.15) is 6.07 Å². The third-order valence-corrected chi connectivity index (χ3v) is 3.55. The first kappa shape index (κ1) is 11.8. The number of hydrogen-bond acceptors (Lipinski definition) is 5. The van der Waals surface area contributed by atoms with Crippen LogP contribution in [0.1, 0.15) is 25.5 Å². The number of rotatable bonds is 2. The Labute approximate surface area is 101 Å². The molecule has 0 aromatic carbocycles. The van der Waals surface area contributed by atoms with E-state index in [0.717, 1.165) is 25.9 Å². The van der Waals surface area contributed by atoms with Crippen LogP contribution >= 0.6 is 0 Å². The molecule has 2 rings (SSSR count). The van der Waals surface area contributed by atoms with Gasteiger partial charge in [-0.1, -0.05) is 0 Å². The van der Waals surface area contributed by atoms with Gasteiger partial charge < -0.3 is 10.2 Å². The topological polar surface area (TPSA) is 64.8 Å². The zero-order valence-electron chi connectivity index (χ0n) is 10.3. The van der Waals surface area contributed by atoms with Crippen molar-refractivity contribution in [3.05, 3.63) is 18.1 Å². The van der Waals surface area contributed by atoms with Gasteiger partial charge in [-0.25, -0.2) is 9.97 Å². The summed E-state index contributed by atoms with van der Waals surface area (Å²) in [5, 5.41) is 12.4. The molecule has 17 heavy (non-hydrogen) atoms. The van der Waals surface area contributed by atoms with E-state index >= 15 is 0 Å². The van der Waals surface area contributed by atoms with Crippen LogP contribution in [-0.4, -0.2) is 35.6 Å². The first-order chi connectivity index (χ1) is 8.18. The number of aromatic nitrogens is 2. The van der Waals surface area contributed by atoms with Crippen molar-refractivity contribution in [3.8, 4) is 6.07 Å². The normalized spacial score (nSPS) is 18.8. The maximum absolute atomic E-state index is 9.01. The highest BCUT2D eigenvalue weighted by atomic mass is 15.2. The third-order valence-electron chi connectivity index (χ3n) is 3.55. The standard InChI is InChI=1S/C12H17N5/c1-12(14-2)3-7-17(8-4-12)11-10(9-13)15-5-6-16-11/h5-6,14H,3-4,7-8H2,1-2H3. The molecule has 0 aliphatic carbocycles. The smallest absolute Gasteiger partial charge is 0.183 e. The summed E-state index contributed by atoms with van der Waals surface area (Å²) < 4.78 is 0. The number of piperidine rings is 1.